The van der Waals surface area contributed by atoms with Gasteiger partial charge in [0.05, 0.1) is 12.2 Å². The molecule has 1 heterocycles. The molecule has 1 saturated heterocycles. The highest BCUT2D eigenvalue weighted by Gasteiger charge is 2.27. The summed E-state index contributed by atoms with van der Waals surface area (Å²) >= 11 is 0. The number of hydrogen-bond donors (Lipinski definition) is 0. The van der Waals surface area contributed by atoms with Crippen molar-refractivity contribution < 1.29 is 17.6 Å². The zero-order valence-electron chi connectivity index (χ0n) is 19.7. The molecule has 1 fully saturated rings. The van der Waals surface area contributed by atoms with Crippen LogP contribution in [-0.2, 0) is 12.8 Å². The maximum Gasteiger partial charge on any atom is 0.136 e. The second-order valence-electron chi connectivity index (χ2n) is 9.68. The predicted octanol–water partition coefficient (Wildman–Crippen LogP) is 7.23. The molecule has 0 saturated carbocycles. The van der Waals surface area contributed by atoms with Crippen LogP contribution in [-0.4, -0.2) is 31.2 Å². The lowest BCUT2D eigenvalue weighted by molar-refractivity contribution is 0.0968. The van der Waals surface area contributed by atoms with E-state index in [1.807, 2.05) is 30.3 Å². The third-order valence-electron chi connectivity index (χ3n) is 7.18. The van der Waals surface area contributed by atoms with Gasteiger partial charge in [0, 0.05) is 31.8 Å². The Bertz CT molecular complexity index is 1200. The molecule has 0 radical (unpaired) electrons. The van der Waals surface area contributed by atoms with E-state index in [0.29, 0.717) is 24.3 Å². The molecule has 1 aliphatic carbocycles. The minimum Gasteiger partial charge on any atom is -0.303 e. The van der Waals surface area contributed by atoms with Crippen molar-refractivity contribution in [2.45, 2.75) is 32.1 Å². The first-order chi connectivity index (χ1) is 17.0. The van der Waals surface area contributed by atoms with Gasteiger partial charge in [-0.3, -0.25) is 4.39 Å². The van der Waals surface area contributed by atoms with Crippen LogP contribution >= 0.6 is 0 Å². The number of rotatable bonds is 7. The number of halogens is 4. The summed E-state index contributed by atoms with van der Waals surface area (Å²) in [5.74, 6) is -2.08. The highest BCUT2D eigenvalue weighted by molar-refractivity contribution is 6.00. The van der Waals surface area contributed by atoms with Gasteiger partial charge in [-0.15, -0.1) is 0 Å². The van der Waals surface area contributed by atoms with Crippen molar-refractivity contribution in [2.75, 3.05) is 26.3 Å². The fraction of sp³-hybridized carbons (Fsp3) is 0.333. The summed E-state index contributed by atoms with van der Waals surface area (Å²) < 4.78 is 55.9. The minimum absolute atomic E-state index is 0.134. The average Bonchev–Trinajstić information content (AvgIpc) is 3.00. The summed E-state index contributed by atoms with van der Waals surface area (Å²) in [7, 11) is 0. The van der Waals surface area contributed by atoms with Crippen molar-refractivity contribution in [3.8, 4) is 0 Å². The van der Waals surface area contributed by atoms with Crippen LogP contribution in [0.5, 0.6) is 0 Å². The molecule has 0 amide bonds. The van der Waals surface area contributed by atoms with Gasteiger partial charge >= 0.3 is 0 Å². The first-order valence-electron chi connectivity index (χ1n) is 12.4. The van der Waals surface area contributed by atoms with Gasteiger partial charge in [0.25, 0.3) is 0 Å². The van der Waals surface area contributed by atoms with Gasteiger partial charge in [-0.1, -0.05) is 48.5 Å². The molecule has 0 N–H and O–H groups in total. The van der Waals surface area contributed by atoms with Crippen molar-refractivity contribution in [3.05, 3.63) is 106 Å². The van der Waals surface area contributed by atoms with Gasteiger partial charge in [0.1, 0.15) is 17.5 Å². The second-order valence-corrected chi connectivity index (χ2v) is 9.68. The summed E-state index contributed by atoms with van der Waals surface area (Å²) in [6.45, 7) is 2.54. The molecule has 1 nitrogen and oxygen atoms in total. The number of likely N-dealkylation sites (tertiary alicyclic amines) is 1. The molecule has 1 aliphatic heterocycles. The zero-order valence-corrected chi connectivity index (χ0v) is 19.7. The smallest absolute Gasteiger partial charge is 0.136 e. The third-order valence-corrected chi connectivity index (χ3v) is 7.18. The maximum atomic E-state index is 14.9. The largest absolute Gasteiger partial charge is 0.303 e. The van der Waals surface area contributed by atoms with E-state index >= 15 is 0 Å². The molecule has 35 heavy (non-hydrogen) atoms. The molecular formula is C30H29F4N. The van der Waals surface area contributed by atoms with E-state index < -0.39 is 17.5 Å². The Labute approximate surface area is 204 Å². The lowest BCUT2D eigenvalue weighted by Crippen LogP contribution is -2.47. The van der Waals surface area contributed by atoms with Gasteiger partial charge in [0.2, 0.25) is 0 Å². The highest BCUT2D eigenvalue weighted by atomic mass is 19.1. The van der Waals surface area contributed by atoms with Gasteiger partial charge in [-0.05, 0) is 71.4 Å². The fourth-order valence-corrected chi connectivity index (χ4v) is 5.55. The molecule has 3 aromatic carbocycles. The maximum absolute atomic E-state index is 14.9. The number of alkyl halides is 1. The van der Waals surface area contributed by atoms with Crippen molar-refractivity contribution >= 4 is 11.1 Å². The van der Waals surface area contributed by atoms with E-state index in [0.717, 1.165) is 73.3 Å². The Hall–Kier alpha value is -2.92. The van der Waals surface area contributed by atoms with Crippen molar-refractivity contribution in [1.29, 1.82) is 0 Å². The van der Waals surface area contributed by atoms with Gasteiger partial charge in [0.15, 0.2) is 0 Å². The highest BCUT2D eigenvalue weighted by Crippen LogP contribution is 2.41. The van der Waals surface area contributed by atoms with E-state index in [-0.39, 0.29) is 12.2 Å². The van der Waals surface area contributed by atoms with E-state index in [4.69, 9.17) is 0 Å². The number of nitrogens with zero attached hydrogens (tertiary/aromatic N) is 1. The minimum atomic E-state index is -0.913. The molecule has 0 spiro atoms. The Morgan fingerprint density at radius 2 is 1.57 bits per heavy atom. The Morgan fingerprint density at radius 1 is 0.857 bits per heavy atom. The number of aryl methyl sites for hydroxylation is 1. The van der Waals surface area contributed by atoms with Gasteiger partial charge < -0.3 is 4.90 Å². The van der Waals surface area contributed by atoms with E-state index in [9.17, 15) is 17.6 Å². The van der Waals surface area contributed by atoms with Crippen LogP contribution in [0.25, 0.3) is 11.1 Å². The van der Waals surface area contributed by atoms with Crippen LogP contribution in [0.4, 0.5) is 17.6 Å². The average molecular weight is 480 g/mol. The topological polar surface area (TPSA) is 3.24 Å². The summed E-state index contributed by atoms with van der Waals surface area (Å²) in [6.07, 6.45) is 3.62. The molecule has 0 bridgehead atoms. The quantitative estimate of drug-likeness (QED) is 0.323. The predicted molar refractivity (Wildman–Crippen MR) is 132 cm³/mol. The molecule has 0 unspecified atom stereocenters. The fourth-order valence-electron chi connectivity index (χ4n) is 5.55. The molecule has 3 aromatic rings. The van der Waals surface area contributed by atoms with E-state index in [1.165, 1.54) is 5.56 Å². The molecule has 5 rings (SSSR count). The van der Waals surface area contributed by atoms with Crippen LogP contribution in [0.3, 0.4) is 0 Å². The standard InChI is InChI=1S/C30H29F4N/c31-13-4-14-35-18-21(19-35)15-20-9-11-23(12-10-20)29-25-7-2-1-5-22(25)6-3-8-26(29)30-27(33)16-24(32)17-28(30)34/h1-2,5,7,9-12,16-17,21H,3-4,6,8,13-15,18-19H2. The third kappa shape index (κ3) is 5.06. The number of allylic oxidation sites excluding steroid dienone is 1. The Kier molecular flexibility index (Phi) is 7.05. The number of hydrogen-bond acceptors (Lipinski definition) is 1. The number of benzene rings is 3. The van der Waals surface area contributed by atoms with Crippen molar-refractivity contribution in [2.24, 2.45) is 5.92 Å². The SMILES string of the molecule is FCCCN1CC(Cc2ccc(C3=C(c4c(F)cc(F)cc4F)CCCc4ccccc43)cc2)C1. The lowest BCUT2D eigenvalue weighted by atomic mass is 9.86. The first kappa shape index (κ1) is 23.8. The van der Waals surface area contributed by atoms with Crippen molar-refractivity contribution in [3.63, 3.8) is 0 Å². The summed E-state index contributed by atoms with van der Waals surface area (Å²) in [5, 5.41) is 0. The Morgan fingerprint density at radius 3 is 2.29 bits per heavy atom. The normalized spacial score (nSPS) is 16.7. The first-order valence-corrected chi connectivity index (χ1v) is 12.4. The Balaban J connectivity index is 1.50. The molecule has 2 aliphatic rings. The van der Waals surface area contributed by atoms with Crippen LogP contribution in [0.2, 0.25) is 0 Å². The van der Waals surface area contributed by atoms with Gasteiger partial charge in [-0.25, -0.2) is 13.2 Å². The number of fused-ring (bicyclic) bond motifs is 1. The monoisotopic (exact) mass is 479 g/mol. The summed E-state index contributed by atoms with van der Waals surface area (Å²) in [5.41, 5.74) is 5.50. The van der Waals surface area contributed by atoms with Crippen LogP contribution < -0.4 is 0 Å². The molecule has 0 aromatic heterocycles. The molecular weight excluding hydrogens is 450 g/mol. The van der Waals surface area contributed by atoms with Crippen LogP contribution in [0.1, 0.15) is 47.1 Å². The summed E-state index contributed by atoms with van der Waals surface area (Å²) in [6, 6.07) is 17.8. The van der Waals surface area contributed by atoms with E-state index in [2.05, 4.69) is 23.1 Å². The molecule has 182 valence electrons. The zero-order chi connectivity index (χ0) is 24.4. The lowest BCUT2D eigenvalue weighted by Gasteiger charge is -2.39. The van der Waals surface area contributed by atoms with E-state index in [1.54, 1.807) is 0 Å². The second kappa shape index (κ2) is 10.4. The van der Waals surface area contributed by atoms with Gasteiger partial charge in [-0.2, -0.15) is 0 Å². The van der Waals surface area contributed by atoms with Crippen molar-refractivity contribution in [1.82, 2.24) is 4.90 Å². The summed E-state index contributed by atoms with van der Waals surface area (Å²) in [4.78, 5) is 2.28. The van der Waals surface area contributed by atoms with Crippen LogP contribution in [0.15, 0.2) is 60.7 Å². The van der Waals surface area contributed by atoms with Crippen LogP contribution in [0, 0.1) is 23.4 Å². The molecule has 0 atom stereocenters. The molecule has 5 heteroatoms.